The van der Waals surface area contributed by atoms with Crippen LogP contribution in [-0.2, 0) is 9.22 Å². The van der Waals surface area contributed by atoms with Crippen molar-refractivity contribution in [2.75, 3.05) is 23.8 Å². The minimum atomic E-state index is -1.72. The maximum Gasteiger partial charge on any atom is 0.224 e. The molecule has 0 radical (unpaired) electrons. The van der Waals surface area contributed by atoms with E-state index < -0.39 is 8.32 Å². The maximum absolute atomic E-state index is 12.4. The van der Waals surface area contributed by atoms with Crippen LogP contribution in [0.25, 0.3) is 10.9 Å². The van der Waals surface area contributed by atoms with Crippen molar-refractivity contribution in [3.63, 3.8) is 0 Å². The smallest absolute Gasteiger partial charge is 0.224 e. The lowest BCUT2D eigenvalue weighted by Gasteiger charge is -2.36. The molecule has 8 heteroatoms. The maximum atomic E-state index is 12.4. The van der Waals surface area contributed by atoms with Gasteiger partial charge < -0.3 is 15.1 Å². The van der Waals surface area contributed by atoms with Crippen LogP contribution in [0.4, 0.5) is 11.4 Å². The molecule has 0 aliphatic heterocycles. The molecule has 1 aromatic heterocycles. The van der Waals surface area contributed by atoms with E-state index in [-0.39, 0.29) is 10.9 Å². The normalized spacial score (nSPS) is 12.2. The monoisotopic (exact) mass is 541 g/mol. The lowest BCUT2D eigenvalue weighted by atomic mass is 10.1. The van der Waals surface area contributed by atoms with Gasteiger partial charge in [-0.3, -0.25) is 4.79 Å². The number of unbranched alkanes of at least 4 members (excludes halogenated alkanes) is 2. The van der Waals surface area contributed by atoms with Gasteiger partial charge in [0.2, 0.25) is 5.91 Å². The van der Waals surface area contributed by atoms with Gasteiger partial charge in [0.25, 0.3) is 0 Å². The van der Waals surface area contributed by atoms with E-state index in [1.807, 2.05) is 18.2 Å². The molecule has 0 aliphatic carbocycles. The summed E-state index contributed by atoms with van der Waals surface area (Å²) in [7, 11) is -1.72. The Hall–Kier alpha value is -1.15. The first-order chi connectivity index (χ1) is 15.0. The van der Waals surface area contributed by atoms with Gasteiger partial charge in [-0.15, -0.1) is 0 Å². The molecular weight excluding hydrogens is 506 g/mol. The molecule has 2 N–H and O–H groups in total. The predicted octanol–water partition coefficient (Wildman–Crippen LogP) is 7.99. The lowest BCUT2D eigenvalue weighted by molar-refractivity contribution is -0.116. The van der Waals surface area contributed by atoms with Crippen LogP contribution in [0.3, 0.4) is 0 Å². The second-order valence-electron chi connectivity index (χ2n) is 9.71. The molecule has 1 amide bonds. The molecule has 0 unspecified atom stereocenters. The summed E-state index contributed by atoms with van der Waals surface area (Å²) in [5, 5.41) is 7.93. The number of pyridine rings is 1. The summed E-state index contributed by atoms with van der Waals surface area (Å²) in [5.74, 6) is -0.0456. The zero-order valence-corrected chi connectivity index (χ0v) is 23.5. The van der Waals surface area contributed by atoms with Crippen molar-refractivity contribution in [3.05, 3.63) is 27.8 Å². The topological polar surface area (TPSA) is 63.2 Å². The van der Waals surface area contributed by atoms with Gasteiger partial charge in [0.05, 0.1) is 11.2 Å². The molecule has 2 aromatic rings. The number of aromatic nitrogens is 1. The fourth-order valence-corrected chi connectivity index (χ4v) is 4.71. The SMILES string of the molecule is CCCCC(=O)Nc1c(Cl)nc2ccc(Br)cc2c1NCCCCO[Si](C)(C)C(C)(C)C. The molecule has 32 heavy (non-hydrogen) atoms. The summed E-state index contributed by atoms with van der Waals surface area (Å²) in [6, 6.07) is 5.86. The van der Waals surface area contributed by atoms with Crippen LogP contribution in [0.5, 0.6) is 0 Å². The Morgan fingerprint density at radius 3 is 2.56 bits per heavy atom. The van der Waals surface area contributed by atoms with Gasteiger partial charge in [-0.1, -0.05) is 61.6 Å². The Kier molecular flexibility index (Phi) is 10.0. The number of carbonyl (C=O) groups excluding carboxylic acids is 1. The number of rotatable bonds is 11. The molecule has 0 saturated carbocycles. The first-order valence-electron chi connectivity index (χ1n) is 11.4. The van der Waals surface area contributed by atoms with E-state index in [4.69, 9.17) is 16.0 Å². The van der Waals surface area contributed by atoms with E-state index in [1.54, 1.807) is 0 Å². The zero-order chi connectivity index (χ0) is 23.9. The summed E-state index contributed by atoms with van der Waals surface area (Å²) in [4.78, 5) is 16.9. The van der Waals surface area contributed by atoms with Crippen LogP contribution in [0.15, 0.2) is 22.7 Å². The number of hydrogen-bond acceptors (Lipinski definition) is 4. The van der Waals surface area contributed by atoms with Crippen molar-refractivity contribution in [3.8, 4) is 0 Å². The van der Waals surface area contributed by atoms with Crippen molar-refractivity contribution in [1.82, 2.24) is 4.98 Å². The van der Waals surface area contributed by atoms with E-state index in [2.05, 4.69) is 72.3 Å². The van der Waals surface area contributed by atoms with Crippen molar-refractivity contribution in [1.29, 1.82) is 0 Å². The van der Waals surface area contributed by atoms with Gasteiger partial charge in [0.1, 0.15) is 5.69 Å². The fraction of sp³-hybridized carbons (Fsp3) is 0.583. The van der Waals surface area contributed by atoms with Crippen molar-refractivity contribution < 1.29 is 9.22 Å². The minimum Gasteiger partial charge on any atom is -0.417 e. The summed E-state index contributed by atoms with van der Waals surface area (Å²) in [6.07, 6.45) is 4.19. The van der Waals surface area contributed by atoms with E-state index >= 15 is 0 Å². The number of fused-ring (bicyclic) bond motifs is 1. The van der Waals surface area contributed by atoms with Gasteiger partial charge in [-0.2, -0.15) is 0 Å². The number of hydrogen-bond donors (Lipinski definition) is 2. The number of halogens is 2. The van der Waals surface area contributed by atoms with E-state index in [1.165, 1.54) is 0 Å². The van der Waals surface area contributed by atoms with Gasteiger partial charge in [0.15, 0.2) is 13.5 Å². The van der Waals surface area contributed by atoms with Crippen LogP contribution in [-0.4, -0.2) is 32.4 Å². The third kappa shape index (κ3) is 7.44. The molecular formula is C24H37BrClN3O2Si. The Morgan fingerprint density at radius 1 is 1.19 bits per heavy atom. The molecule has 1 aromatic carbocycles. The van der Waals surface area contributed by atoms with Gasteiger partial charge in [-0.05, 0) is 55.6 Å². The molecule has 0 bridgehead atoms. The highest BCUT2D eigenvalue weighted by Gasteiger charge is 2.36. The Labute approximate surface area is 207 Å². The number of nitrogens with one attached hydrogen (secondary N) is 2. The van der Waals surface area contributed by atoms with Crippen LogP contribution in [0.2, 0.25) is 23.3 Å². The van der Waals surface area contributed by atoms with Gasteiger partial charge in [-0.25, -0.2) is 4.98 Å². The number of carbonyl (C=O) groups is 1. The van der Waals surface area contributed by atoms with E-state index in [0.717, 1.165) is 59.9 Å². The molecule has 5 nitrogen and oxygen atoms in total. The quantitative estimate of drug-likeness (QED) is 0.171. The Morgan fingerprint density at radius 2 is 1.91 bits per heavy atom. The average Bonchev–Trinajstić information content (AvgIpc) is 2.70. The first kappa shape index (κ1) is 27.1. The summed E-state index contributed by atoms with van der Waals surface area (Å²) in [6.45, 7) is 14.9. The second-order valence-corrected chi connectivity index (χ2v) is 15.8. The molecule has 178 valence electrons. The third-order valence-corrected chi connectivity index (χ3v) is 11.4. The van der Waals surface area contributed by atoms with Crippen LogP contribution >= 0.6 is 27.5 Å². The lowest BCUT2D eigenvalue weighted by Crippen LogP contribution is -2.41. The summed E-state index contributed by atoms with van der Waals surface area (Å²) >= 11 is 10.0. The summed E-state index contributed by atoms with van der Waals surface area (Å²) < 4.78 is 7.23. The van der Waals surface area contributed by atoms with E-state index in [9.17, 15) is 4.79 Å². The summed E-state index contributed by atoms with van der Waals surface area (Å²) in [5.41, 5.74) is 2.15. The molecule has 0 atom stereocenters. The zero-order valence-electron chi connectivity index (χ0n) is 20.2. The Balaban J connectivity index is 2.12. The van der Waals surface area contributed by atoms with Crippen molar-refractivity contribution in [2.45, 2.75) is 77.9 Å². The van der Waals surface area contributed by atoms with Crippen LogP contribution in [0.1, 0.15) is 59.8 Å². The molecule has 0 saturated heterocycles. The number of nitrogens with zero attached hydrogens (tertiary/aromatic N) is 1. The van der Waals surface area contributed by atoms with Gasteiger partial charge >= 0.3 is 0 Å². The first-order valence-corrected chi connectivity index (χ1v) is 15.5. The molecule has 2 rings (SSSR count). The van der Waals surface area contributed by atoms with E-state index in [0.29, 0.717) is 17.3 Å². The van der Waals surface area contributed by atoms with Gasteiger partial charge in [0, 0.05) is 29.4 Å². The average molecular weight is 543 g/mol. The molecule has 0 aliphatic rings. The van der Waals surface area contributed by atoms with Crippen LogP contribution < -0.4 is 10.6 Å². The molecule has 1 heterocycles. The highest BCUT2D eigenvalue weighted by atomic mass is 79.9. The number of anilines is 2. The highest BCUT2D eigenvalue weighted by Crippen LogP contribution is 2.38. The fourth-order valence-electron chi connectivity index (χ4n) is 3.03. The molecule has 0 spiro atoms. The molecule has 0 fully saturated rings. The largest absolute Gasteiger partial charge is 0.417 e. The minimum absolute atomic E-state index is 0.0456. The second kappa shape index (κ2) is 11.8. The standard InChI is InChI=1S/C24H37BrClN3O2Si/c1-7-8-11-20(30)29-22-21(18-16-17(25)12-13-19(18)28-23(22)26)27-14-9-10-15-31-32(5,6)24(2,3)4/h12-13,16H,7-11,14-15H2,1-6H3,(H,27,28)(H,29,30). The Bertz CT molecular complexity index is 932. The van der Waals surface area contributed by atoms with Crippen LogP contribution in [0, 0.1) is 0 Å². The number of amides is 1. The van der Waals surface area contributed by atoms with Crippen molar-refractivity contribution in [2.24, 2.45) is 0 Å². The highest BCUT2D eigenvalue weighted by molar-refractivity contribution is 9.10. The number of benzene rings is 1. The third-order valence-electron chi connectivity index (χ3n) is 6.07. The predicted molar refractivity (Wildman–Crippen MR) is 143 cm³/mol. The van der Waals surface area contributed by atoms with Crippen molar-refractivity contribution >= 4 is 64.0 Å².